The molecule has 3 aromatic rings. The molecule has 0 spiro atoms. The number of para-hydroxylation sites is 2. The molecule has 0 saturated heterocycles. The molecule has 1 heterocycles. The second-order valence-electron chi connectivity index (χ2n) is 4.59. The van der Waals surface area contributed by atoms with E-state index in [0.717, 1.165) is 6.33 Å². The Hall–Kier alpha value is -2.90. The first kappa shape index (κ1) is 14.1. The number of nitro benzene ring substituents is 1. The summed E-state index contributed by atoms with van der Waals surface area (Å²) in [6.07, 6.45) is -3.63. The van der Waals surface area contributed by atoms with Gasteiger partial charge in [0.25, 0.3) is 12.0 Å². The number of benzene rings is 2. The van der Waals surface area contributed by atoms with Gasteiger partial charge in [0.05, 0.1) is 4.92 Å². The second-order valence-corrected chi connectivity index (χ2v) is 4.59. The molecule has 0 amide bonds. The first-order chi connectivity index (χ1) is 10.4. The largest absolute Gasteiger partial charge is 0.567 e. The second kappa shape index (κ2) is 4.83. The van der Waals surface area contributed by atoms with Crippen LogP contribution in [0.25, 0.3) is 16.7 Å². The van der Waals surface area contributed by atoms with Crippen LogP contribution in [0.1, 0.15) is 0 Å². The molecule has 0 atom stereocenters. The SMILES string of the molecule is O=[N+]([O-])c1ccc(-n2c[n+](C(F)(F)F)c3ccccc32)cc1. The van der Waals surface area contributed by atoms with E-state index in [2.05, 4.69) is 0 Å². The lowest BCUT2D eigenvalue weighted by atomic mass is 10.2. The number of fused-ring (bicyclic) bond motifs is 1. The molecule has 0 N–H and O–H groups in total. The number of halogens is 3. The Kier molecular flexibility index (Phi) is 3.09. The molecule has 0 aliphatic rings. The summed E-state index contributed by atoms with van der Waals surface area (Å²) in [6, 6.07) is 11.4. The van der Waals surface area contributed by atoms with Crippen LogP contribution in [-0.2, 0) is 6.30 Å². The van der Waals surface area contributed by atoms with E-state index in [1.807, 2.05) is 0 Å². The zero-order valence-electron chi connectivity index (χ0n) is 11.0. The number of aromatic nitrogens is 2. The monoisotopic (exact) mass is 308 g/mol. The van der Waals surface area contributed by atoms with Crippen molar-refractivity contribution in [2.75, 3.05) is 0 Å². The number of nitro groups is 1. The van der Waals surface area contributed by atoms with Crippen LogP contribution in [0.3, 0.4) is 0 Å². The minimum atomic E-state index is -4.55. The van der Waals surface area contributed by atoms with Crippen molar-refractivity contribution in [3.63, 3.8) is 0 Å². The predicted octanol–water partition coefficient (Wildman–Crippen LogP) is 3.30. The Morgan fingerprint density at radius 1 is 1.05 bits per heavy atom. The standard InChI is InChI=1S/C14H9F3N3O2/c15-14(16,17)19-9-18(12-3-1-2-4-13(12)19)10-5-7-11(8-6-10)20(21)22/h1-9H/q+1. The third kappa shape index (κ3) is 2.28. The fraction of sp³-hybridized carbons (Fsp3) is 0.0714. The molecule has 0 bridgehead atoms. The molecule has 2 aromatic carbocycles. The van der Waals surface area contributed by atoms with Crippen LogP contribution in [0, 0.1) is 10.1 Å². The van der Waals surface area contributed by atoms with Gasteiger partial charge in [0.1, 0.15) is 5.69 Å². The summed E-state index contributed by atoms with van der Waals surface area (Å²) in [7, 11) is 0. The third-order valence-corrected chi connectivity index (χ3v) is 3.24. The number of alkyl halides is 3. The van der Waals surface area contributed by atoms with Crippen molar-refractivity contribution in [3.8, 4) is 5.69 Å². The van der Waals surface area contributed by atoms with Crippen molar-refractivity contribution in [2.24, 2.45) is 0 Å². The van der Waals surface area contributed by atoms with Gasteiger partial charge in [0.15, 0.2) is 11.0 Å². The summed E-state index contributed by atoms with van der Waals surface area (Å²) < 4.78 is 40.8. The smallest absolute Gasteiger partial charge is 0.258 e. The summed E-state index contributed by atoms with van der Waals surface area (Å²) in [5, 5.41) is 10.6. The zero-order valence-corrected chi connectivity index (χ0v) is 11.0. The van der Waals surface area contributed by atoms with Gasteiger partial charge in [-0.1, -0.05) is 12.1 Å². The van der Waals surface area contributed by atoms with Crippen molar-refractivity contribution in [1.29, 1.82) is 0 Å². The molecule has 8 heteroatoms. The van der Waals surface area contributed by atoms with Crippen LogP contribution in [-0.4, -0.2) is 9.49 Å². The van der Waals surface area contributed by atoms with Crippen LogP contribution < -0.4 is 4.57 Å². The van der Waals surface area contributed by atoms with Gasteiger partial charge in [0.2, 0.25) is 0 Å². The highest BCUT2D eigenvalue weighted by Crippen LogP contribution is 2.23. The summed E-state index contributed by atoms with van der Waals surface area (Å²) in [4.78, 5) is 10.1. The quantitative estimate of drug-likeness (QED) is 0.414. The van der Waals surface area contributed by atoms with Crippen molar-refractivity contribution in [1.82, 2.24) is 4.57 Å². The lowest BCUT2D eigenvalue weighted by Crippen LogP contribution is -2.46. The summed E-state index contributed by atoms with van der Waals surface area (Å²) in [5.74, 6) is 0. The Morgan fingerprint density at radius 3 is 2.27 bits per heavy atom. The molecule has 112 valence electrons. The van der Waals surface area contributed by atoms with Crippen LogP contribution in [0.2, 0.25) is 0 Å². The molecule has 0 unspecified atom stereocenters. The topological polar surface area (TPSA) is 52.0 Å². The van der Waals surface area contributed by atoms with Gasteiger partial charge in [-0.3, -0.25) is 10.1 Å². The summed E-state index contributed by atoms with van der Waals surface area (Å²) >= 11 is 0. The molecule has 1 aromatic heterocycles. The summed E-state index contributed by atoms with van der Waals surface area (Å²) in [5.41, 5.74) is 0.649. The highest BCUT2D eigenvalue weighted by Gasteiger charge is 2.40. The lowest BCUT2D eigenvalue weighted by molar-refractivity contribution is -0.836. The number of hydrogen-bond donors (Lipinski definition) is 0. The number of nitrogens with zero attached hydrogens (tertiary/aromatic N) is 3. The van der Waals surface area contributed by atoms with Crippen molar-refractivity contribution in [2.45, 2.75) is 6.30 Å². The van der Waals surface area contributed by atoms with E-state index in [0.29, 0.717) is 11.2 Å². The third-order valence-electron chi connectivity index (χ3n) is 3.24. The number of rotatable bonds is 2. The van der Waals surface area contributed by atoms with E-state index in [4.69, 9.17) is 0 Å². The van der Waals surface area contributed by atoms with E-state index in [1.165, 1.54) is 41.0 Å². The Labute approximate surface area is 122 Å². The lowest BCUT2D eigenvalue weighted by Gasteiger charge is -1.99. The molecular formula is C14H9F3N3O2+. The molecular weight excluding hydrogens is 299 g/mol. The summed E-state index contributed by atoms with van der Waals surface area (Å²) in [6.45, 7) is 0. The molecule has 0 aliphatic heterocycles. The molecule has 22 heavy (non-hydrogen) atoms. The maximum atomic E-state index is 13.1. The molecule has 0 aliphatic carbocycles. The molecule has 0 radical (unpaired) electrons. The highest BCUT2D eigenvalue weighted by molar-refractivity contribution is 5.74. The first-order valence-corrected chi connectivity index (χ1v) is 6.22. The van der Waals surface area contributed by atoms with E-state index < -0.39 is 11.2 Å². The normalized spacial score (nSPS) is 11.8. The van der Waals surface area contributed by atoms with E-state index in [-0.39, 0.29) is 15.8 Å². The highest BCUT2D eigenvalue weighted by atomic mass is 19.4. The minimum absolute atomic E-state index is 0.00773. The van der Waals surface area contributed by atoms with E-state index >= 15 is 0 Å². The van der Waals surface area contributed by atoms with Crippen molar-refractivity contribution < 1.29 is 22.7 Å². The minimum Gasteiger partial charge on any atom is -0.258 e. The van der Waals surface area contributed by atoms with Gasteiger partial charge >= 0.3 is 6.30 Å². The molecule has 0 saturated carbocycles. The van der Waals surface area contributed by atoms with Gasteiger partial charge in [0, 0.05) is 12.1 Å². The van der Waals surface area contributed by atoms with Gasteiger partial charge in [-0.05, 0) is 24.3 Å². The van der Waals surface area contributed by atoms with E-state index in [9.17, 15) is 23.3 Å². The Balaban J connectivity index is 2.21. The van der Waals surface area contributed by atoms with Crippen LogP contribution in [0.5, 0.6) is 0 Å². The fourth-order valence-electron chi connectivity index (χ4n) is 2.25. The predicted molar refractivity (Wildman–Crippen MR) is 71.4 cm³/mol. The Morgan fingerprint density at radius 2 is 1.68 bits per heavy atom. The van der Waals surface area contributed by atoms with Gasteiger partial charge in [-0.2, -0.15) is 4.57 Å². The van der Waals surface area contributed by atoms with Crippen LogP contribution in [0.15, 0.2) is 54.9 Å². The van der Waals surface area contributed by atoms with Gasteiger partial charge in [-0.25, -0.2) is 0 Å². The first-order valence-electron chi connectivity index (χ1n) is 6.22. The van der Waals surface area contributed by atoms with Crippen LogP contribution >= 0.6 is 0 Å². The molecule has 5 nitrogen and oxygen atoms in total. The maximum Gasteiger partial charge on any atom is 0.567 e. The number of hydrogen-bond acceptors (Lipinski definition) is 2. The fourth-order valence-corrected chi connectivity index (χ4v) is 2.25. The average Bonchev–Trinajstić information content (AvgIpc) is 2.87. The molecule has 3 rings (SSSR count). The van der Waals surface area contributed by atoms with Gasteiger partial charge < -0.3 is 0 Å². The zero-order chi connectivity index (χ0) is 15.9. The average molecular weight is 308 g/mol. The maximum absolute atomic E-state index is 13.1. The Bertz CT molecular complexity index is 854. The van der Waals surface area contributed by atoms with Crippen molar-refractivity contribution in [3.05, 3.63) is 65.0 Å². The number of imidazole rings is 1. The number of non-ortho nitro benzene ring substituents is 1. The van der Waals surface area contributed by atoms with Crippen LogP contribution in [0.4, 0.5) is 18.9 Å². The molecule has 0 fully saturated rings. The van der Waals surface area contributed by atoms with Crippen molar-refractivity contribution >= 4 is 16.7 Å². The van der Waals surface area contributed by atoms with E-state index in [1.54, 1.807) is 12.1 Å². The van der Waals surface area contributed by atoms with Gasteiger partial charge in [-0.15, -0.1) is 17.7 Å².